The van der Waals surface area contributed by atoms with Crippen LogP contribution in [0.5, 0.6) is 5.75 Å². The van der Waals surface area contributed by atoms with Gasteiger partial charge in [-0.1, -0.05) is 54.6 Å². The summed E-state index contributed by atoms with van der Waals surface area (Å²) in [4.78, 5) is 17.6. The number of ether oxygens (including phenoxy) is 1. The third-order valence-electron chi connectivity index (χ3n) is 6.51. The van der Waals surface area contributed by atoms with Gasteiger partial charge in [-0.15, -0.1) is 0 Å². The van der Waals surface area contributed by atoms with Crippen LogP contribution in [0.4, 0.5) is 13.2 Å². The van der Waals surface area contributed by atoms with Crippen LogP contribution >= 0.6 is 0 Å². The lowest BCUT2D eigenvalue weighted by molar-refractivity contribution is -0.137. The number of aryl methyl sites for hydroxylation is 1. The van der Waals surface area contributed by atoms with E-state index < -0.39 is 11.7 Å². The van der Waals surface area contributed by atoms with Crippen LogP contribution in [0.3, 0.4) is 0 Å². The lowest BCUT2D eigenvalue weighted by atomic mass is 10.0. The monoisotopic (exact) mass is 529 g/mol. The van der Waals surface area contributed by atoms with E-state index in [1.807, 2.05) is 59.0 Å². The molecule has 3 aromatic carbocycles. The number of carbonyl (C=O) groups excluding carboxylic acids is 1. The van der Waals surface area contributed by atoms with Gasteiger partial charge in [0.25, 0.3) is 0 Å². The molecule has 0 aliphatic heterocycles. The molecule has 0 aliphatic rings. The lowest BCUT2D eigenvalue weighted by Gasteiger charge is -2.11. The predicted molar refractivity (Wildman–Crippen MR) is 144 cm³/mol. The standard InChI is InChI=1S/C31H26F3N3O2/c1-39-26-12-6-10-23(18-26)30-27(14-16-29(38)35-19-21-7-3-2-4-8-21)37-20-24(13-15-28(37)36-30)22-9-5-11-25(17-22)31(32,33)34/h2-13,15,17-18,20H,14,16,19H2,1H3,(H,35,38). The number of rotatable bonds is 8. The Labute approximate surface area is 223 Å². The molecule has 0 radical (unpaired) electrons. The highest BCUT2D eigenvalue weighted by atomic mass is 19.4. The first kappa shape index (κ1) is 26.0. The topological polar surface area (TPSA) is 55.6 Å². The van der Waals surface area contributed by atoms with E-state index >= 15 is 0 Å². The number of pyridine rings is 1. The van der Waals surface area contributed by atoms with Gasteiger partial charge in [-0.2, -0.15) is 13.2 Å². The Hall–Kier alpha value is -4.59. The fourth-order valence-corrected chi connectivity index (χ4v) is 4.50. The first-order valence-corrected chi connectivity index (χ1v) is 12.5. The Morgan fingerprint density at radius 1 is 0.897 bits per heavy atom. The molecule has 0 saturated heterocycles. The lowest BCUT2D eigenvalue weighted by Crippen LogP contribution is -2.23. The molecule has 1 amide bonds. The molecule has 0 bridgehead atoms. The van der Waals surface area contributed by atoms with Crippen molar-refractivity contribution < 1.29 is 22.7 Å². The van der Waals surface area contributed by atoms with Gasteiger partial charge in [-0.05, 0) is 59.5 Å². The van der Waals surface area contributed by atoms with E-state index in [4.69, 9.17) is 9.72 Å². The number of nitrogens with zero attached hydrogens (tertiary/aromatic N) is 2. The third kappa shape index (κ3) is 5.95. The van der Waals surface area contributed by atoms with Crippen molar-refractivity contribution >= 4 is 11.6 Å². The molecule has 0 aliphatic carbocycles. The molecule has 1 N–H and O–H groups in total. The van der Waals surface area contributed by atoms with Crippen LogP contribution in [0, 0.1) is 0 Å². The maximum absolute atomic E-state index is 13.3. The van der Waals surface area contributed by atoms with Crippen molar-refractivity contribution in [2.45, 2.75) is 25.6 Å². The highest BCUT2D eigenvalue weighted by molar-refractivity contribution is 5.77. The second kappa shape index (κ2) is 11.0. The van der Waals surface area contributed by atoms with Crippen LogP contribution in [0.25, 0.3) is 28.0 Å². The van der Waals surface area contributed by atoms with Crippen LogP contribution in [-0.4, -0.2) is 22.4 Å². The Balaban J connectivity index is 1.50. The molecule has 8 heteroatoms. The average Bonchev–Trinajstić information content (AvgIpc) is 3.33. The van der Waals surface area contributed by atoms with Crippen molar-refractivity contribution in [2.75, 3.05) is 7.11 Å². The molecule has 0 spiro atoms. The summed E-state index contributed by atoms with van der Waals surface area (Å²) in [7, 11) is 1.59. The van der Waals surface area contributed by atoms with Gasteiger partial charge < -0.3 is 14.5 Å². The van der Waals surface area contributed by atoms with Crippen molar-refractivity contribution in [3.05, 3.63) is 114 Å². The van der Waals surface area contributed by atoms with Crippen molar-refractivity contribution in [1.82, 2.24) is 14.7 Å². The molecule has 198 valence electrons. The fourth-order valence-electron chi connectivity index (χ4n) is 4.50. The smallest absolute Gasteiger partial charge is 0.416 e. The normalized spacial score (nSPS) is 11.5. The first-order valence-electron chi connectivity index (χ1n) is 12.5. The summed E-state index contributed by atoms with van der Waals surface area (Å²) in [5.74, 6) is 0.556. The minimum atomic E-state index is -4.44. The second-order valence-corrected chi connectivity index (χ2v) is 9.13. The zero-order chi connectivity index (χ0) is 27.4. The summed E-state index contributed by atoms with van der Waals surface area (Å²) >= 11 is 0. The van der Waals surface area contributed by atoms with Crippen LogP contribution < -0.4 is 10.1 Å². The fraction of sp³-hybridized carbons (Fsp3) is 0.161. The van der Waals surface area contributed by atoms with Crippen molar-refractivity contribution in [3.63, 3.8) is 0 Å². The zero-order valence-electron chi connectivity index (χ0n) is 21.2. The van der Waals surface area contributed by atoms with E-state index in [9.17, 15) is 18.0 Å². The Morgan fingerprint density at radius 2 is 1.67 bits per heavy atom. The van der Waals surface area contributed by atoms with Gasteiger partial charge in [0.2, 0.25) is 5.91 Å². The molecule has 5 aromatic rings. The summed E-state index contributed by atoms with van der Waals surface area (Å²) in [6.45, 7) is 0.426. The van der Waals surface area contributed by atoms with Crippen molar-refractivity contribution in [2.24, 2.45) is 0 Å². The highest BCUT2D eigenvalue weighted by Gasteiger charge is 2.30. The molecule has 0 fully saturated rings. The highest BCUT2D eigenvalue weighted by Crippen LogP contribution is 2.33. The van der Waals surface area contributed by atoms with Crippen LogP contribution in [-0.2, 0) is 23.9 Å². The molecule has 39 heavy (non-hydrogen) atoms. The Kier molecular flexibility index (Phi) is 7.36. The van der Waals surface area contributed by atoms with Gasteiger partial charge in [0.05, 0.1) is 24.1 Å². The Bertz CT molecular complexity index is 1610. The number of carbonyl (C=O) groups is 1. The minimum Gasteiger partial charge on any atom is -0.497 e. The van der Waals surface area contributed by atoms with Crippen molar-refractivity contribution in [1.29, 1.82) is 0 Å². The molecule has 5 rings (SSSR count). The maximum Gasteiger partial charge on any atom is 0.416 e. The summed E-state index contributed by atoms with van der Waals surface area (Å²) in [6.07, 6.45) is -2.07. The predicted octanol–water partition coefficient (Wildman–Crippen LogP) is 6.94. The van der Waals surface area contributed by atoms with Gasteiger partial charge in [0.1, 0.15) is 11.4 Å². The van der Waals surface area contributed by atoms with E-state index in [1.165, 1.54) is 6.07 Å². The summed E-state index contributed by atoms with van der Waals surface area (Å²) in [5.41, 5.74) is 4.25. The number of alkyl halides is 3. The summed E-state index contributed by atoms with van der Waals surface area (Å²) < 4.78 is 47.3. The van der Waals surface area contributed by atoms with Gasteiger partial charge in [0, 0.05) is 24.7 Å². The number of nitrogens with one attached hydrogen (secondary N) is 1. The number of halogens is 3. The van der Waals surface area contributed by atoms with Gasteiger partial charge >= 0.3 is 6.18 Å². The number of imidazole rings is 1. The number of hydrogen-bond donors (Lipinski definition) is 1. The van der Waals surface area contributed by atoms with Gasteiger partial charge in [0.15, 0.2) is 0 Å². The quantitative estimate of drug-likeness (QED) is 0.237. The molecular weight excluding hydrogens is 503 g/mol. The Morgan fingerprint density at radius 3 is 2.44 bits per heavy atom. The number of methoxy groups -OCH3 is 1. The molecule has 0 saturated carbocycles. The molecule has 2 aromatic heterocycles. The summed E-state index contributed by atoms with van der Waals surface area (Å²) in [5, 5.41) is 2.95. The molecule has 0 unspecified atom stereocenters. The van der Waals surface area contributed by atoms with E-state index in [1.54, 1.807) is 31.5 Å². The van der Waals surface area contributed by atoms with Crippen LogP contribution in [0.2, 0.25) is 0 Å². The molecule has 0 atom stereocenters. The average molecular weight is 530 g/mol. The van der Waals surface area contributed by atoms with Crippen LogP contribution in [0.15, 0.2) is 97.2 Å². The van der Waals surface area contributed by atoms with Crippen LogP contribution in [0.1, 0.15) is 23.2 Å². The number of amides is 1. The summed E-state index contributed by atoms with van der Waals surface area (Å²) in [6, 6.07) is 25.9. The minimum absolute atomic E-state index is 0.112. The van der Waals surface area contributed by atoms with Gasteiger partial charge in [-0.3, -0.25) is 4.79 Å². The first-order chi connectivity index (χ1) is 18.8. The largest absolute Gasteiger partial charge is 0.497 e. The van der Waals surface area contributed by atoms with E-state index in [0.717, 1.165) is 29.0 Å². The maximum atomic E-state index is 13.3. The van der Waals surface area contributed by atoms with E-state index in [0.29, 0.717) is 41.2 Å². The SMILES string of the molecule is COc1cccc(-c2nc3ccc(-c4cccc(C(F)(F)F)c4)cn3c2CCC(=O)NCc2ccccc2)c1. The van der Waals surface area contributed by atoms with E-state index in [2.05, 4.69) is 5.32 Å². The molecule has 5 nitrogen and oxygen atoms in total. The van der Waals surface area contributed by atoms with Gasteiger partial charge in [-0.25, -0.2) is 4.98 Å². The molecule has 2 heterocycles. The zero-order valence-corrected chi connectivity index (χ0v) is 21.2. The number of fused-ring (bicyclic) bond motifs is 1. The van der Waals surface area contributed by atoms with Crippen molar-refractivity contribution in [3.8, 4) is 28.1 Å². The third-order valence-corrected chi connectivity index (χ3v) is 6.51. The number of hydrogen-bond acceptors (Lipinski definition) is 3. The van der Waals surface area contributed by atoms with E-state index in [-0.39, 0.29) is 12.3 Å². The number of aromatic nitrogens is 2. The second-order valence-electron chi connectivity index (χ2n) is 9.13. The number of benzene rings is 3. The molecular formula is C31H26F3N3O2.